The average Bonchev–Trinajstić information content (AvgIpc) is 3.65. The normalized spacial score (nSPS) is 11.7. The van der Waals surface area contributed by atoms with Gasteiger partial charge in [0.15, 0.2) is 0 Å². The third-order valence-electron chi connectivity index (χ3n) is 8.35. The maximum absolute atomic E-state index is 6.34. The van der Waals surface area contributed by atoms with Gasteiger partial charge in [-0.25, -0.2) is 0 Å². The fourth-order valence-corrected chi connectivity index (χ4v) is 7.66. The molecule has 9 aromatic rings. The Morgan fingerprint density at radius 2 is 1.23 bits per heavy atom. The number of rotatable bonds is 4. The zero-order valence-corrected chi connectivity index (χ0v) is 23.9. The Bertz CT molecular complexity index is 2460. The minimum absolute atomic E-state index is 0.868. The second-order valence-corrected chi connectivity index (χ2v) is 11.8. The minimum Gasteiger partial charge on any atom is -0.456 e. The molecule has 0 bridgehead atoms. The molecule has 43 heavy (non-hydrogen) atoms. The largest absolute Gasteiger partial charge is 0.456 e. The number of aromatic nitrogens is 1. The van der Waals surface area contributed by atoms with Gasteiger partial charge in [-0.15, -0.1) is 11.3 Å². The van der Waals surface area contributed by atoms with Gasteiger partial charge in [0.25, 0.3) is 0 Å². The van der Waals surface area contributed by atoms with E-state index in [1.165, 1.54) is 42.1 Å². The first-order valence-electron chi connectivity index (χ1n) is 14.4. The van der Waals surface area contributed by atoms with Gasteiger partial charge >= 0.3 is 0 Å². The van der Waals surface area contributed by atoms with E-state index in [9.17, 15) is 0 Å². The summed E-state index contributed by atoms with van der Waals surface area (Å²) in [5.74, 6) is 0. The fraction of sp³-hybridized carbons (Fsp3) is 0. The van der Waals surface area contributed by atoms with Crippen LogP contribution in [-0.2, 0) is 0 Å². The average molecular weight is 569 g/mol. The van der Waals surface area contributed by atoms with E-state index in [2.05, 4.69) is 126 Å². The first-order chi connectivity index (χ1) is 21.3. The highest BCUT2D eigenvalue weighted by molar-refractivity contribution is 7.27. The van der Waals surface area contributed by atoms with Crippen LogP contribution in [0.1, 0.15) is 0 Å². The summed E-state index contributed by atoms with van der Waals surface area (Å²) in [7, 11) is 0. The van der Waals surface area contributed by atoms with Crippen LogP contribution in [0.4, 0.5) is 17.1 Å². The summed E-state index contributed by atoms with van der Waals surface area (Å²) in [6, 6.07) is 47.1. The van der Waals surface area contributed by atoms with Crippen LogP contribution >= 0.6 is 11.3 Å². The lowest BCUT2D eigenvalue weighted by atomic mass is 10.0. The number of pyridine rings is 1. The van der Waals surface area contributed by atoms with Crippen LogP contribution in [0.2, 0.25) is 0 Å². The highest BCUT2D eigenvalue weighted by atomic mass is 32.1. The van der Waals surface area contributed by atoms with E-state index in [0.29, 0.717) is 0 Å². The summed E-state index contributed by atoms with van der Waals surface area (Å²) >= 11 is 1.84. The van der Waals surface area contributed by atoms with Gasteiger partial charge in [0.1, 0.15) is 11.2 Å². The Morgan fingerprint density at radius 1 is 0.488 bits per heavy atom. The maximum Gasteiger partial charge on any atom is 0.137 e. The molecule has 3 aromatic heterocycles. The Labute approximate surface area is 251 Å². The quantitative estimate of drug-likeness (QED) is 0.211. The molecule has 6 aromatic carbocycles. The first-order valence-corrected chi connectivity index (χ1v) is 15.2. The molecule has 0 fully saturated rings. The fourth-order valence-electron chi connectivity index (χ4n) is 6.35. The van der Waals surface area contributed by atoms with Crippen molar-refractivity contribution in [3.63, 3.8) is 0 Å². The standard InChI is InChI=1S/C39H24N2OS/c1-2-9-25(10-3-1)26-17-20-28(21-18-26)41(33-14-8-16-36-37(33)31-13-6-7-15-35(31)42-36)34-24-40-23-32-30-22-19-27-11-4-5-12-29(27)38(30)43-39(32)34/h1-24H. The molecule has 0 unspecified atom stereocenters. The van der Waals surface area contributed by atoms with Crippen molar-refractivity contribution in [1.82, 2.24) is 4.98 Å². The molecular weight excluding hydrogens is 545 g/mol. The Balaban J connectivity index is 1.34. The molecule has 4 heteroatoms. The van der Waals surface area contributed by atoms with Gasteiger partial charge in [-0.2, -0.15) is 0 Å². The number of hydrogen-bond donors (Lipinski definition) is 0. The van der Waals surface area contributed by atoms with Gasteiger partial charge in [-0.3, -0.25) is 4.98 Å². The smallest absolute Gasteiger partial charge is 0.137 e. The number of nitrogens with zero attached hydrogens (tertiary/aromatic N) is 2. The Hall–Kier alpha value is -5.45. The molecule has 3 heterocycles. The van der Waals surface area contributed by atoms with E-state index < -0.39 is 0 Å². The van der Waals surface area contributed by atoms with Gasteiger partial charge in [-0.1, -0.05) is 103 Å². The van der Waals surface area contributed by atoms with E-state index in [1.54, 1.807) is 0 Å². The van der Waals surface area contributed by atoms with Crippen LogP contribution in [0.3, 0.4) is 0 Å². The topological polar surface area (TPSA) is 29.3 Å². The van der Waals surface area contributed by atoms with E-state index in [4.69, 9.17) is 9.40 Å². The van der Waals surface area contributed by atoms with E-state index >= 15 is 0 Å². The number of anilines is 3. The van der Waals surface area contributed by atoms with E-state index in [-0.39, 0.29) is 0 Å². The van der Waals surface area contributed by atoms with Crippen LogP contribution < -0.4 is 4.90 Å². The van der Waals surface area contributed by atoms with Gasteiger partial charge in [-0.05, 0) is 52.2 Å². The zero-order chi connectivity index (χ0) is 28.3. The predicted octanol–water partition coefficient (Wildman–Crippen LogP) is 11.6. The monoisotopic (exact) mass is 568 g/mol. The van der Waals surface area contributed by atoms with Crippen molar-refractivity contribution in [2.24, 2.45) is 0 Å². The predicted molar refractivity (Wildman–Crippen MR) is 182 cm³/mol. The molecule has 0 aliphatic rings. The molecule has 0 aliphatic heterocycles. The summed E-state index contributed by atoms with van der Waals surface area (Å²) in [4.78, 5) is 7.18. The van der Waals surface area contributed by atoms with Crippen LogP contribution in [-0.4, -0.2) is 4.98 Å². The molecular formula is C39H24N2OS. The van der Waals surface area contributed by atoms with Gasteiger partial charge in [0.05, 0.1) is 27.7 Å². The molecule has 0 N–H and O–H groups in total. The number of para-hydroxylation sites is 1. The summed E-state index contributed by atoms with van der Waals surface area (Å²) in [6.07, 6.45) is 4.02. The number of hydrogen-bond acceptors (Lipinski definition) is 4. The SMILES string of the molecule is c1ccc(-c2ccc(N(c3cncc4c3sc3c5ccccc5ccc43)c3cccc4oc5ccccc5c34)cc2)cc1. The third kappa shape index (κ3) is 3.77. The number of thiophene rings is 1. The van der Waals surface area contributed by atoms with Gasteiger partial charge in [0, 0.05) is 32.7 Å². The highest BCUT2D eigenvalue weighted by Gasteiger charge is 2.23. The molecule has 0 saturated carbocycles. The van der Waals surface area contributed by atoms with E-state index in [0.717, 1.165) is 39.0 Å². The highest BCUT2D eigenvalue weighted by Crippen LogP contribution is 2.48. The van der Waals surface area contributed by atoms with Crippen LogP contribution in [0.25, 0.3) is 64.0 Å². The summed E-state index contributed by atoms with van der Waals surface area (Å²) in [6.45, 7) is 0. The summed E-state index contributed by atoms with van der Waals surface area (Å²) in [5.41, 5.74) is 7.30. The first kappa shape index (κ1) is 24.2. The lowest BCUT2D eigenvalue weighted by Gasteiger charge is -2.26. The molecule has 202 valence electrons. The second-order valence-electron chi connectivity index (χ2n) is 10.8. The molecule has 0 spiro atoms. The van der Waals surface area contributed by atoms with Gasteiger partial charge < -0.3 is 9.32 Å². The molecule has 9 rings (SSSR count). The minimum atomic E-state index is 0.868. The maximum atomic E-state index is 6.34. The van der Waals surface area contributed by atoms with Crippen molar-refractivity contribution in [2.45, 2.75) is 0 Å². The Morgan fingerprint density at radius 3 is 2.12 bits per heavy atom. The molecule has 0 amide bonds. The van der Waals surface area contributed by atoms with Crippen molar-refractivity contribution in [2.75, 3.05) is 4.90 Å². The molecule has 0 atom stereocenters. The lowest BCUT2D eigenvalue weighted by molar-refractivity contribution is 0.669. The number of benzene rings is 6. The van der Waals surface area contributed by atoms with Crippen LogP contribution in [0.15, 0.2) is 150 Å². The van der Waals surface area contributed by atoms with E-state index in [1.807, 2.05) is 35.9 Å². The molecule has 0 radical (unpaired) electrons. The summed E-state index contributed by atoms with van der Waals surface area (Å²) < 4.78 is 8.83. The third-order valence-corrected chi connectivity index (χ3v) is 9.62. The summed E-state index contributed by atoms with van der Waals surface area (Å²) in [5, 5.41) is 7.11. The lowest BCUT2D eigenvalue weighted by Crippen LogP contribution is -2.10. The van der Waals surface area contributed by atoms with Crippen molar-refractivity contribution >= 4 is 81.3 Å². The van der Waals surface area contributed by atoms with Crippen molar-refractivity contribution in [3.8, 4) is 11.1 Å². The zero-order valence-electron chi connectivity index (χ0n) is 23.1. The number of furan rings is 1. The van der Waals surface area contributed by atoms with Crippen molar-refractivity contribution in [1.29, 1.82) is 0 Å². The van der Waals surface area contributed by atoms with Crippen LogP contribution in [0.5, 0.6) is 0 Å². The van der Waals surface area contributed by atoms with Crippen molar-refractivity contribution < 1.29 is 4.42 Å². The van der Waals surface area contributed by atoms with Crippen LogP contribution in [0, 0.1) is 0 Å². The second kappa shape index (κ2) is 9.55. The van der Waals surface area contributed by atoms with Gasteiger partial charge in [0.2, 0.25) is 0 Å². The molecule has 0 aliphatic carbocycles. The Kier molecular flexibility index (Phi) is 5.37. The molecule has 0 saturated heterocycles. The number of fused-ring (bicyclic) bond motifs is 8. The molecule has 3 nitrogen and oxygen atoms in total. The van der Waals surface area contributed by atoms with Crippen molar-refractivity contribution in [3.05, 3.63) is 146 Å².